The number of aromatic nitrogens is 2. The van der Waals surface area contributed by atoms with E-state index in [0.717, 1.165) is 0 Å². The minimum absolute atomic E-state index is 0.0550. The average molecular weight is 233 g/mol. The molecule has 0 unspecified atom stereocenters. The van der Waals surface area contributed by atoms with Crippen molar-refractivity contribution in [3.05, 3.63) is 11.3 Å². The molecule has 1 aromatic heterocycles. The second kappa shape index (κ2) is 3.90. The Bertz CT molecular complexity index is 524. The molecule has 2 amide bonds. The molecule has 1 aromatic rings. The molecular weight excluding hydrogens is 222 g/mol. The van der Waals surface area contributed by atoms with E-state index in [4.69, 9.17) is 5.26 Å². The zero-order chi connectivity index (χ0) is 12.6. The fraction of sp³-hybridized carbons (Fsp3) is 0.400. The molecule has 2 heterocycles. The van der Waals surface area contributed by atoms with Crippen molar-refractivity contribution in [2.75, 3.05) is 18.0 Å². The number of carbonyl (C=O) groups excluding carboxylic acids is 2. The van der Waals surface area contributed by atoms with Crippen molar-refractivity contribution in [1.29, 1.82) is 5.26 Å². The summed E-state index contributed by atoms with van der Waals surface area (Å²) in [4.78, 5) is 24.1. The van der Waals surface area contributed by atoms with Crippen molar-refractivity contribution < 1.29 is 9.59 Å². The summed E-state index contributed by atoms with van der Waals surface area (Å²) in [6.07, 6.45) is 0. The van der Waals surface area contributed by atoms with Crippen LogP contribution in [0.3, 0.4) is 0 Å². The molecule has 7 nitrogen and oxygen atoms in total. The van der Waals surface area contributed by atoms with Crippen molar-refractivity contribution in [3.8, 4) is 6.07 Å². The SMILES string of the molecule is Cc1nn(C)c(N2CC(=O)NC(=O)C2)c1C#N. The minimum Gasteiger partial charge on any atom is -0.337 e. The number of aryl methyl sites for hydroxylation is 2. The van der Waals surface area contributed by atoms with Gasteiger partial charge in [-0.25, -0.2) is 0 Å². The fourth-order valence-corrected chi connectivity index (χ4v) is 1.93. The first-order valence-corrected chi connectivity index (χ1v) is 5.04. The Kier molecular flexibility index (Phi) is 2.55. The second-order valence-electron chi connectivity index (χ2n) is 3.85. The number of rotatable bonds is 1. The van der Waals surface area contributed by atoms with Crippen LogP contribution in [0.2, 0.25) is 0 Å². The molecule has 0 aromatic carbocycles. The topological polar surface area (TPSA) is 91.0 Å². The van der Waals surface area contributed by atoms with Crippen LogP contribution in [0.15, 0.2) is 0 Å². The third kappa shape index (κ3) is 1.85. The molecule has 1 aliphatic heterocycles. The number of anilines is 1. The Morgan fingerprint density at radius 2 is 1.94 bits per heavy atom. The summed E-state index contributed by atoms with van der Waals surface area (Å²) in [5, 5.41) is 15.4. The van der Waals surface area contributed by atoms with Gasteiger partial charge in [-0.05, 0) is 6.92 Å². The average Bonchev–Trinajstić information content (AvgIpc) is 2.51. The normalized spacial score (nSPS) is 15.7. The maximum Gasteiger partial charge on any atom is 0.246 e. The summed E-state index contributed by atoms with van der Waals surface area (Å²) in [7, 11) is 1.68. The van der Waals surface area contributed by atoms with E-state index in [0.29, 0.717) is 17.1 Å². The summed E-state index contributed by atoms with van der Waals surface area (Å²) >= 11 is 0. The summed E-state index contributed by atoms with van der Waals surface area (Å²) in [6.45, 7) is 1.83. The number of nitrogens with zero attached hydrogens (tertiary/aromatic N) is 4. The van der Waals surface area contributed by atoms with Crippen LogP contribution in [0.4, 0.5) is 5.82 Å². The number of nitrogens with one attached hydrogen (secondary N) is 1. The number of carbonyl (C=O) groups is 2. The van der Waals surface area contributed by atoms with E-state index in [9.17, 15) is 9.59 Å². The lowest BCUT2D eigenvalue weighted by Crippen LogP contribution is -2.52. The molecule has 0 radical (unpaired) electrons. The van der Waals surface area contributed by atoms with Crippen LogP contribution in [0.25, 0.3) is 0 Å². The Hall–Kier alpha value is -2.36. The second-order valence-corrected chi connectivity index (χ2v) is 3.85. The quantitative estimate of drug-likeness (QED) is 0.632. The third-order valence-corrected chi connectivity index (χ3v) is 2.55. The molecule has 1 saturated heterocycles. The minimum atomic E-state index is -0.371. The van der Waals surface area contributed by atoms with Gasteiger partial charge in [-0.1, -0.05) is 0 Å². The largest absolute Gasteiger partial charge is 0.337 e. The lowest BCUT2D eigenvalue weighted by molar-refractivity contribution is -0.130. The molecule has 1 fully saturated rings. The first kappa shape index (κ1) is 11.1. The monoisotopic (exact) mass is 233 g/mol. The van der Waals surface area contributed by atoms with Gasteiger partial charge in [-0.2, -0.15) is 10.4 Å². The number of amides is 2. The van der Waals surface area contributed by atoms with Crippen LogP contribution >= 0.6 is 0 Å². The Morgan fingerprint density at radius 3 is 2.47 bits per heavy atom. The Balaban J connectivity index is 2.43. The lowest BCUT2D eigenvalue weighted by Gasteiger charge is -2.27. The summed E-state index contributed by atoms with van der Waals surface area (Å²) in [6, 6.07) is 2.04. The van der Waals surface area contributed by atoms with Crippen LogP contribution < -0.4 is 10.2 Å². The molecule has 0 aliphatic carbocycles. The Labute approximate surface area is 97.6 Å². The van der Waals surface area contributed by atoms with E-state index in [-0.39, 0.29) is 24.9 Å². The molecule has 0 bridgehead atoms. The molecule has 2 rings (SSSR count). The first-order chi connectivity index (χ1) is 8.02. The number of hydrogen-bond acceptors (Lipinski definition) is 5. The van der Waals surface area contributed by atoms with Gasteiger partial charge in [0.05, 0.1) is 18.8 Å². The number of imide groups is 1. The van der Waals surface area contributed by atoms with Crippen molar-refractivity contribution in [3.63, 3.8) is 0 Å². The van der Waals surface area contributed by atoms with Gasteiger partial charge >= 0.3 is 0 Å². The zero-order valence-corrected chi connectivity index (χ0v) is 9.52. The van der Waals surface area contributed by atoms with Crippen molar-refractivity contribution in [2.24, 2.45) is 7.05 Å². The van der Waals surface area contributed by atoms with Crippen molar-refractivity contribution in [1.82, 2.24) is 15.1 Å². The zero-order valence-electron chi connectivity index (χ0n) is 9.52. The van der Waals surface area contributed by atoms with E-state index in [1.165, 1.54) is 4.68 Å². The molecular formula is C10H11N5O2. The summed E-state index contributed by atoms with van der Waals surface area (Å²) < 4.78 is 1.51. The molecule has 0 spiro atoms. The predicted molar refractivity (Wildman–Crippen MR) is 58.0 cm³/mol. The van der Waals surface area contributed by atoms with Crippen LogP contribution in [0.1, 0.15) is 11.3 Å². The van der Waals surface area contributed by atoms with E-state index in [1.54, 1.807) is 18.9 Å². The maximum absolute atomic E-state index is 11.3. The highest BCUT2D eigenvalue weighted by atomic mass is 16.2. The summed E-state index contributed by atoms with van der Waals surface area (Å²) in [5.41, 5.74) is 0.985. The number of hydrogen-bond donors (Lipinski definition) is 1. The summed E-state index contributed by atoms with van der Waals surface area (Å²) in [5.74, 6) is -0.235. The van der Waals surface area contributed by atoms with Gasteiger partial charge in [0.15, 0.2) is 0 Å². The predicted octanol–water partition coefficient (Wildman–Crippen LogP) is -0.937. The highest BCUT2D eigenvalue weighted by Gasteiger charge is 2.27. The standard InChI is InChI=1S/C10H11N5O2/c1-6-7(3-11)10(14(2)13-6)15-4-8(16)12-9(17)5-15/h4-5H2,1-2H3,(H,12,16,17). The fourth-order valence-electron chi connectivity index (χ4n) is 1.93. The third-order valence-electron chi connectivity index (χ3n) is 2.55. The van der Waals surface area contributed by atoms with Crippen LogP contribution in [0, 0.1) is 18.3 Å². The Morgan fingerprint density at radius 1 is 1.35 bits per heavy atom. The van der Waals surface area contributed by atoms with E-state index in [2.05, 4.69) is 10.4 Å². The van der Waals surface area contributed by atoms with Gasteiger partial charge in [0.1, 0.15) is 17.5 Å². The molecule has 88 valence electrons. The van der Waals surface area contributed by atoms with E-state index in [1.807, 2.05) is 6.07 Å². The van der Waals surface area contributed by atoms with Crippen LogP contribution in [-0.4, -0.2) is 34.7 Å². The number of piperazine rings is 1. The van der Waals surface area contributed by atoms with Gasteiger partial charge in [-0.15, -0.1) is 0 Å². The maximum atomic E-state index is 11.3. The van der Waals surface area contributed by atoms with Crippen LogP contribution in [0.5, 0.6) is 0 Å². The molecule has 17 heavy (non-hydrogen) atoms. The van der Waals surface area contributed by atoms with E-state index >= 15 is 0 Å². The van der Waals surface area contributed by atoms with Crippen LogP contribution in [-0.2, 0) is 16.6 Å². The number of nitriles is 1. The van der Waals surface area contributed by atoms with Gasteiger partial charge < -0.3 is 4.90 Å². The smallest absolute Gasteiger partial charge is 0.246 e. The molecule has 1 N–H and O–H groups in total. The lowest BCUT2D eigenvalue weighted by atomic mass is 10.2. The molecule has 0 atom stereocenters. The van der Waals surface area contributed by atoms with Crippen molar-refractivity contribution in [2.45, 2.75) is 6.92 Å². The molecule has 0 saturated carbocycles. The van der Waals surface area contributed by atoms with Gasteiger partial charge in [-0.3, -0.25) is 19.6 Å². The highest BCUT2D eigenvalue weighted by molar-refractivity contribution is 6.02. The molecule has 7 heteroatoms. The molecule has 1 aliphatic rings. The van der Waals surface area contributed by atoms with Gasteiger partial charge in [0.25, 0.3) is 0 Å². The van der Waals surface area contributed by atoms with Gasteiger partial charge in [0, 0.05) is 7.05 Å². The first-order valence-electron chi connectivity index (χ1n) is 5.04. The highest BCUT2D eigenvalue weighted by Crippen LogP contribution is 2.22. The van der Waals surface area contributed by atoms with E-state index < -0.39 is 0 Å². The van der Waals surface area contributed by atoms with Crippen molar-refractivity contribution >= 4 is 17.6 Å². The van der Waals surface area contributed by atoms with Gasteiger partial charge in [0.2, 0.25) is 11.8 Å².